The van der Waals surface area contributed by atoms with Gasteiger partial charge in [0.1, 0.15) is 0 Å². The third-order valence-corrected chi connectivity index (χ3v) is 1.16. The zero-order valence-electron chi connectivity index (χ0n) is 5.40. The van der Waals surface area contributed by atoms with Gasteiger partial charge in [-0.05, 0) is 13.3 Å². The minimum Gasteiger partial charge on any atom is -0.291 e. The molecule has 0 aromatic rings. The molecular weight excluding hydrogens is 100 g/mol. The van der Waals surface area contributed by atoms with Crippen LogP contribution in [0.4, 0.5) is 0 Å². The molecule has 1 radical (unpaired) electrons. The molecule has 0 aromatic heterocycles. The van der Waals surface area contributed by atoms with Crippen LogP contribution in [0.3, 0.4) is 0 Å². The van der Waals surface area contributed by atoms with Crippen LogP contribution in [0.2, 0.25) is 0 Å². The molecule has 0 amide bonds. The number of carbonyl (C=O) groups excluding carboxylic acids is 1. The molecule has 0 aliphatic carbocycles. The van der Waals surface area contributed by atoms with Gasteiger partial charge in [-0.1, -0.05) is 18.6 Å². The predicted molar refractivity (Wildman–Crippen MR) is 34.4 cm³/mol. The number of allylic oxidation sites excluding steroid dienone is 2. The van der Waals surface area contributed by atoms with Gasteiger partial charge in [0.05, 0.1) is 0 Å². The molecule has 0 spiro atoms. The summed E-state index contributed by atoms with van der Waals surface area (Å²) in [5, 5.41) is 0. The number of hydrogen-bond donors (Lipinski definition) is 0. The van der Waals surface area contributed by atoms with Gasteiger partial charge in [-0.25, -0.2) is 0 Å². The smallest absolute Gasteiger partial charge is 0.202 e. The summed E-state index contributed by atoms with van der Waals surface area (Å²) in [5.74, 6) is 0. The molecule has 1 nitrogen and oxygen atoms in total. The maximum absolute atomic E-state index is 9.77. The van der Waals surface area contributed by atoms with Crippen molar-refractivity contribution in [1.29, 1.82) is 0 Å². The molecule has 0 heterocycles. The maximum atomic E-state index is 9.77. The molecule has 45 valence electrons. The van der Waals surface area contributed by atoms with Crippen LogP contribution in [-0.2, 0) is 4.79 Å². The highest BCUT2D eigenvalue weighted by molar-refractivity contribution is 5.54. The third kappa shape index (κ3) is 2.56. The van der Waals surface area contributed by atoms with E-state index in [4.69, 9.17) is 0 Å². The zero-order valence-corrected chi connectivity index (χ0v) is 5.40. The fourth-order valence-corrected chi connectivity index (χ4v) is 0.524. The van der Waals surface area contributed by atoms with E-state index in [9.17, 15) is 4.79 Å². The van der Waals surface area contributed by atoms with Crippen LogP contribution in [-0.4, -0.2) is 6.29 Å². The fourth-order valence-electron chi connectivity index (χ4n) is 0.524. The highest BCUT2D eigenvalue weighted by atomic mass is 16.1. The van der Waals surface area contributed by atoms with Crippen molar-refractivity contribution in [2.45, 2.75) is 26.7 Å². The molecule has 0 aliphatic heterocycles. The van der Waals surface area contributed by atoms with Gasteiger partial charge < -0.3 is 0 Å². The molecule has 0 saturated carbocycles. The maximum Gasteiger partial charge on any atom is 0.202 e. The average Bonchev–Trinajstić information content (AvgIpc) is 1.83. The molecule has 0 rings (SSSR count). The second-order valence-electron chi connectivity index (χ2n) is 1.62. The van der Waals surface area contributed by atoms with Crippen molar-refractivity contribution in [3.8, 4) is 0 Å². The van der Waals surface area contributed by atoms with Crippen LogP contribution in [0.15, 0.2) is 11.6 Å². The minimum atomic E-state index is 0.479. The molecule has 0 N–H and O–H groups in total. The van der Waals surface area contributed by atoms with Crippen LogP contribution >= 0.6 is 0 Å². The molecule has 0 atom stereocenters. The SMILES string of the molecule is C/C=C(\CC)C[C]=O. The average molecular weight is 111 g/mol. The zero-order chi connectivity index (χ0) is 6.41. The second-order valence-corrected chi connectivity index (χ2v) is 1.62. The second kappa shape index (κ2) is 4.57. The van der Waals surface area contributed by atoms with Crippen LogP contribution in [0.5, 0.6) is 0 Å². The Balaban J connectivity index is 3.53. The van der Waals surface area contributed by atoms with Crippen molar-refractivity contribution in [2.24, 2.45) is 0 Å². The first kappa shape index (κ1) is 7.41. The van der Waals surface area contributed by atoms with Gasteiger partial charge in [-0.15, -0.1) is 0 Å². The Hall–Kier alpha value is -0.590. The summed E-state index contributed by atoms with van der Waals surface area (Å²) in [5.41, 5.74) is 1.17. The topological polar surface area (TPSA) is 17.1 Å². The monoisotopic (exact) mass is 111 g/mol. The first-order valence-corrected chi connectivity index (χ1v) is 2.84. The molecule has 0 fully saturated rings. The van der Waals surface area contributed by atoms with E-state index in [1.807, 2.05) is 26.2 Å². The predicted octanol–water partition coefficient (Wildman–Crippen LogP) is 1.84. The van der Waals surface area contributed by atoms with Gasteiger partial charge in [0.25, 0.3) is 0 Å². The van der Waals surface area contributed by atoms with Crippen molar-refractivity contribution < 1.29 is 4.79 Å². The Morgan fingerprint density at radius 2 is 2.38 bits per heavy atom. The first-order valence-electron chi connectivity index (χ1n) is 2.84. The van der Waals surface area contributed by atoms with Crippen LogP contribution in [0.25, 0.3) is 0 Å². The lowest BCUT2D eigenvalue weighted by molar-refractivity contribution is 0.554. The number of rotatable bonds is 3. The highest BCUT2D eigenvalue weighted by Gasteiger charge is 1.88. The summed E-state index contributed by atoms with van der Waals surface area (Å²) in [4.78, 5) is 9.77. The largest absolute Gasteiger partial charge is 0.291 e. The van der Waals surface area contributed by atoms with E-state index in [-0.39, 0.29) is 0 Å². The van der Waals surface area contributed by atoms with Crippen LogP contribution in [0, 0.1) is 0 Å². The van der Waals surface area contributed by atoms with Crippen molar-refractivity contribution >= 4 is 6.29 Å². The molecule has 0 saturated heterocycles. The van der Waals surface area contributed by atoms with E-state index in [0.717, 1.165) is 6.42 Å². The molecule has 0 unspecified atom stereocenters. The third-order valence-electron chi connectivity index (χ3n) is 1.16. The first-order chi connectivity index (χ1) is 3.85. The molecule has 0 aromatic carbocycles. The van der Waals surface area contributed by atoms with Crippen LogP contribution in [0.1, 0.15) is 26.7 Å². The standard InChI is InChI=1S/C7H11O/c1-3-7(4-2)5-6-8/h3H,4-5H2,1-2H3/b7-3+. The molecule has 8 heavy (non-hydrogen) atoms. The molecule has 1 heteroatoms. The van der Waals surface area contributed by atoms with E-state index in [0.29, 0.717) is 6.42 Å². The molecule has 0 aliphatic rings. The van der Waals surface area contributed by atoms with Gasteiger partial charge >= 0.3 is 0 Å². The molecule has 0 bridgehead atoms. The van der Waals surface area contributed by atoms with Crippen molar-refractivity contribution in [2.75, 3.05) is 0 Å². The van der Waals surface area contributed by atoms with Crippen molar-refractivity contribution in [1.82, 2.24) is 0 Å². The molecular formula is C7H11O. The lowest BCUT2D eigenvalue weighted by Crippen LogP contribution is -1.79. The Morgan fingerprint density at radius 1 is 1.75 bits per heavy atom. The lowest BCUT2D eigenvalue weighted by Gasteiger charge is -1.91. The van der Waals surface area contributed by atoms with Gasteiger partial charge in [0.2, 0.25) is 6.29 Å². The Bertz CT molecular complexity index is 92.6. The van der Waals surface area contributed by atoms with Crippen molar-refractivity contribution in [3.05, 3.63) is 11.6 Å². The van der Waals surface area contributed by atoms with Crippen LogP contribution < -0.4 is 0 Å². The lowest BCUT2D eigenvalue weighted by atomic mass is 10.1. The van der Waals surface area contributed by atoms with Gasteiger partial charge in [0.15, 0.2) is 0 Å². The quantitative estimate of drug-likeness (QED) is 0.508. The summed E-state index contributed by atoms with van der Waals surface area (Å²) < 4.78 is 0. The Labute approximate surface area is 50.4 Å². The van der Waals surface area contributed by atoms with E-state index in [1.54, 1.807) is 0 Å². The fraction of sp³-hybridized carbons (Fsp3) is 0.571. The van der Waals surface area contributed by atoms with Gasteiger partial charge in [0, 0.05) is 6.42 Å². The van der Waals surface area contributed by atoms with Crippen molar-refractivity contribution in [3.63, 3.8) is 0 Å². The summed E-state index contributed by atoms with van der Waals surface area (Å²) in [6.07, 6.45) is 5.26. The summed E-state index contributed by atoms with van der Waals surface area (Å²) in [6.45, 7) is 3.98. The highest BCUT2D eigenvalue weighted by Crippen LogP contribution is 2.01. The summed E-state index contributed by atoms with van der Waals surface area (Å²) in [7, 11) is 0. The minimum absolute atomic E-state index is 0.479. The van der Waals surface area contributed by atoms with E-state index in [2.05, 4.69) is 0 Å². The Morgan fingerprint density at radius 3 is 2.50 bits per heavy atom. The van der Waals surface area contributed by atoms with Gasteiger partial charge in [-0.3, -0.25) is 4.79 Å². The van der Waals surface area contributed by atoms with E-state index in [1.165, 1.54) is 5.57 Å². The number of hydrogen-bond acceptors (Lipinski definition) is 1. The van der Waals surface area contributed by atoms with E-state index >= 15 is 0 Å². The normalized spacial score (nSPS) is 11.5. The van der Waals surface area contributed by atoms with Gasteiger partial charge in [-0.2, -0.15) is 0 Å². The Kier molecular flexibility index (Phi) is 4.23. The summed E-state index contributed by atoms with van der Waals surface area (Å²) in [6, 6.07) is 0. The van der Waals surface area contributed by atoms with E-state index < -0.39 is 0 Å². The summed E-state index contributed by atoms with van der Waals surface area (Å²) >= 11 is 0.